The van der Waals surface area contributed by atoms with Crippen molar-refractivity contribution in [3.8, 4) is 22.4 Å². The minimum absolute atomic E-state index is 0.168. The number of halogens is 2. The molecule has 4 nitrogen and oxygen atoms in total. The second-order valence-electron chi connectivity index (χ2n) is 4.62. The summed E-state index contributed by atoms with van der Waals surface area (Å²) in [5.74, 6) is 0.168. The molecule has 0 aliphatic rings. The van der Waals surface area contributed by atoms with E-state index in [4.69, 9.17) is 33.5 Å². The number of aromatic nitrogens is 2. The van der Waals surface area contributed by atoms with Crippen molar-refractivity contribution >= 4 is 29.1 Å². The fourth-order valence-corrected chi connectivity index (χ4v) is 2.75. The highest BCUT2D eigenvalue weighted by Crippen LogP contribution is 2.43. The van der Waals surface area contributed by atoms with Crippen LogP contribution >= 0.6 is 23.2 Å². The number of rotatable bonds is 2. The van der Waals surface area contributed by atoms with E-state index in [1.165, 1.54) is 0 Å². The molecular weight excluding hydrogens is 309 g/mol. The van der Waals surface area contributed by atoms with Gasteiger partial charge in [0.15, 0.2) is 0 Å². The van der Waals surface area contributed by atoms with Crippen molar-refractivity contribution in [2.24, 2.45) is 0 Å². The summed E-state index contributed by atoms with van der Waals surface area (Å²) in [7, 11) is 0. The Bertz CT molecular complexity index is 794. The van der Waals surface area contributed by atoms with E-state index in [9.17, 15) is 0 Å². The van der Waals surface area contributed by atoms with Crippen LogP contribution in [0.15, 0.2) is 41.2 Å². The van der Waals surface area contributed by atoms with Gasteiger partial charge in [-0.2, -0.15) is 0 Å². The second-order valence-corrected chi connectivity index (χ2v) is 5.43. The van der Waals surface area contributed by atoms with E-state index in [-0.39, 0.29) is 5.88 Å². The molecule has 2 heterocycles. The van der Waals surface area contributed by atoms with Crippen LogP contribution in [0.5, 0.6) is 0 Å². The molecule has 6 heteroatoms. The molecule has 0 aliphatic carbocycles. The van der Waals surface area contributed by atoms with Crippen LogP contribution in [0, 0.1) is 6.92 Å². The maximum atomic E-state index is 6.26. The van der Waals surface area contributed by atoms with E-state index in [0.717, 1.165) is 11.1 Å². The number of hydrogen-bond donors (Lipinski definition) is 1. The van der Waals surface area contributed by atoms with Crippen LogP contribution < -0.4 is 5.73 Å². The number of hydrogen-bond acceptors (Lipinski definition) is 4. The molecule has 0 atom stereocenters. The first-order valence-corrected chi connectivity index (χ1v) is 6.95. The molecule has 106 valence electrons. The van der Waals surface area contributed by atoms with Crippen molar-refractivity contribution in [1.82, 2.24) is 10.1 Å². The molecule has 21 heavy (non-hydrogen) atoms. The molecule has 0 saturated heterocycles. The molecule has 1 aromatic carbocycles. The molecule has 0 bridgehead atoms. The number of benzene rings is 1. The summed E-state index contributed by atoms with van der Waals surface area (Å²) < 4.78 is 5.14. The minimum Gasteiger partial charge on any atom is -0.367 e. The van der Waals surface area contributed by atoms with Crippen LogP contribution in [-0.2, 0) is 0 Å². The Hall–Kier alpha value is -2.04. The van der Waals surface area contributed by atoms with Crippen LogP contribution in [-0.4, -0.2) is 10.1 Å². The van der Waals surface area contributed by atoms with Gasteiger partial charge >= 0.3 is 0 Å². The summed E-state index contributed by atoms with van der Waals surface area (Å²) in [6, 6.07) is 7.20. The van der Waals surface area contributed by atoms with E-state index in [1.54, 1.807) is 30.6 Å². The van der Waals surface area contributed by atoms with Crippen LogP contribution in [0.2, 0.25) is 10.0 Å². The lowest BCUT2D eigenvalue weighted by Gasteiger charge is -2.07. The van der Waals surface area contributed by atoms with Crippen LogP contribution in [0.1, 0.15) is 5.56 Å². The summed E-state index contributed by atoms with van der Waals surface area (Å²) in [4.78, 5) is 4.16. The Balaban J connectivity index is 2.28. The van der Waals surface area contributed by atoms with Gasteiger partial charge in [0.2, 0.25) is 5.88 Å². The average Bonchev–Trinajstić information content (AvgIpc) is 2.81. The summed E-state index contributed by atoms with van der Waals surface area (Å²) in [5, 5.41) is 5.00. The predicted molar refractivity (Wildman–Crippen MR) is 84.3 cm³/mol. The van der Waals surface area contributed by atoms with Gasteiger partial charge in [-0.3, -0.25) is 4.98 Å². The molecule has 2 N–H and O–H groups in total. The normalized spacial score (nSPS) is 10.8. The lowest BCUT2D eigenvalue weighted by Crippen LogP contribution is -1.90. The number of nitrogens with two attached hydrogens (primary N) is 1. The largest absolute Gasteiger partial charge is 0.367 e. The number of anilines is 1. The Labute approximate surface area is 131 Å². The number of nitrogen functional groups attached to an aromatic ring is 1. The van der Waals surface area contributed by atoms with Crippen molar-refractivity contribution in [2.75, 3.05) is 5.73 Å². The van der Waals surface area contributed by atoms with Crippen molar-refractivity contribution < 1.29 is 4.52 Å². The highest BCUT2D eigenvalue weighted by Gasteiger charge is 2.22. The van der Waals surface area contributed by atoms with Crippen molar-refractivity contribution in [3.05, 3.63) is 52.3 Å². The van der Waals surface area contributed by atoms with E-state index in [2.05, 4.69) is 10.1 Å². The molecule has 0 aliphatic heterocycles. The molecule has 0 unspecified atom stereocenters. The first kappa shape index (κ1) is 13.9. The summed E-state index contributed by atoms with van der Waals surface area (Å²) in [5.41, 5.74) is 9.47. The number of pyridine rings is 1. The first-order chi connectivity index (χ1) is 10.1. The zero-order valence-electron chi connectivity index (χ0n) is 11.1. The maximum Gasteiger partial charge on any atom is 0.230 e. The van der Waals surface area contributed by atoms with Crippen molar-refractivity contribution in [3.63, 3.8) is 0 Å². The molecule has 3 aromatic rings. The third-order valence-electron chi connectivity index (χ3n) is 3.08. The topological polar surface area (TPSA) is 64.9 Å². The van der Waals surface area contributed by atoms with Gasteiger partial charge in [0, 0.05) is 23.5 Å². The Kier molecular flexibility index (Phi) is 3.57. The monoisotopic (exact) mass is 319 g/mol. The first-order valence-electron chi connectivity index (χ1n) is 6.19. The average molecular weight is 320 g/mol. The predicted octanol–water partition coefficient (Wildman–Crippen LogP) is 4.60. The second kappa shape index (κ2) is 5.39. The lowest BCUT2D eigenvalue weighted by molar-refractivity contribution is 0.439. The van der Waals surface area contributed by atoms with Gasteiger partial charge in [-0.05, 0) is 30.7 Å². The zero-order valence-corrected chi connectivity index (χ0v) is 12.6. The fourth-order valence-electron chi connectivity index (χ4n) is 2.16. The summed E-state index contributed by atoms with van der Waals surface area (Å²) in [6.45, 7) is 1.95. The molecule has 2 aromatic heterocycles. The summed E-state index contributed by atoms with van der Waals surface area (Å²) in [6.07, 6.45) is 3.45. The molecule has 0 spiro atoms. The third kappa shape index (κ3) is 2.48. The van der Waals surface area contributed by atoms with Gasteiger partial charge in [0.1, 0.15) is 5.69 Å². The molecule has 0 amide bonds. The molecule has 0 saturated carbocycles. The van der Waals surface area contributed by atoms with Crippen LogP contribution in [0.3, 0.4) is 0 Å². The van der Waals surface area contributed by atoms with E-state index in [0.29, 0.717) is 26.9 Å². The van der Waals surface area contributed by atoms with E-state index >= 15 is 0 Å². The van der Waals surface area contributed by atoms with Crippen molar-refractivity contribution in [1.29, 1.82) is 0 Å². The molecular formula is C15H11Cl2N3O. The van der Waals surface area contributed by atoms with Crippen LogP contribution in [0.25, 0.3) is 22.4 Å². The highest BCUT2D eigenvalue weighted by atomic mass is 35.5. The maximum absolute atomic E-state index is 6.26. The Morgan fingerprint density at radius 2 is 1.81 bits per heavy atom. The SMILES string of the molecule is Cc1cncc(-c2noc(N)c2-c2c(Cl)cccc2Cl)c1. The van der Waals surface area contributed by atoms with E-state index in [1.807, 2.05) is 13.0 Å². The molecule has 3 rings (SSSR count). The van der Waals surface area contributed by atoms with Gasteiger partial charge < -0.3 is 10.3 Å². The van der Waals surface area contributed by atoms with Gasteiger partial charge in [0.25, 0.3) is 0 Å². The van der Waals surface area contributed by atoms with E-state index < -0.39 is 0 Å². The van der Waals surface area contributed by atoms with Gasteiger partial charge in [-0.1, -0.05) is 34.4 Å². The molecule has 0 radical (unpaired) electrons. The smallest absolute Gasteiger partial charge is 0.230 e. The minimum atomic E-state index is 0.168. The van der Waals surface area contributed by atoms with Crippen molar-refractivity contribution in [2.45, 2.75) is 6.92 Å². The third-order valence-corrected chi connectivity index (χ3v) is 3.71. The standard InChI is InChI=1S/C15H11Cl2N3O/c1-8-5-9(7-19-6-8)14-13(15(18)21-20-14)12-10(16)3-2-4-11(12)17/h2-7H,18H2,1H3. The van der Waals surface area contributed by atoms with Gasteiger partial charge in [0.05, 0.1) is 15.6 Å². The van der Waals surface area contributed by atoms with Gasteiger partial charge in [-0.15, -0.1) is 0 Å². The Morgan fingerprint density at radius 3 is 2.48 bits per heavy atom. The number of aryl methyl sites for hydroxylation is 1. The lowest BCUT2D eigenvalue weighted by atomic mass is 10.0. The number of nitrogens with zero attached hydrogens (tertiary/aromatic N) is 2. The zero-order chi connectivity index (χ0) is 15.0. The fraction of sp³-hybridized carbons (Fsp3) is 0.0667. The Morgan fingerprint density at radius 1 is 1.10 bits per heavy atom. The quantitative estimate of drug-likeness (QED) is 0.749. The van der Waals surface area contributed by atoms with Crippen LogP contribution in [0.4, 0.5) is 5.88 Å². The highest BCUT2D eigenvalue weighted by molar-refractivity contribution is 6.39. The van der Waals surface area contributed by atoms with Gasteiger partial charge in [-0.25, -0.2) is 0 Å². The summed E-state index contributed by atoms with van der Waals surface area (Å²) >= 11 is 12.5. The molecule has 0 fully saturated rings.